The van der Waals surface area contributed by atoms with Gasteiger partial charge in [-0.05, 0) is 125 Å². The number of ketones is 1. The molecule has 4 saturated heterocycles. The van der Waals surface area contributed by atoms with Crippen LogP contribution in [0.1, 0.15) is 166 Å². The van der Waals surface area contributed by atoms with Gasteiger partial charge in [-0.3, -0.25) is 48.5 Å². The predicted molar refractivity (Wildman–Crippen MR) is 281 cm³/mol. The van der Waals surface area contributed by atoms with E-state index >= 15 is 0 Å². The number of benzene rings is 2. The quantitative estimate of drug-likeness (QED) is 0.0825. The van der Waals surface area contributed by atoms with Crippen LogP contribution in [0.25, 0.3) is 10.9 Å². The second-order valence-electron chi connectivity index (χ2n) is 22.4. The molecular formula is C58H70F2N8O10. The van der Waals surface area contributed by atoms with Gasteiger partial charge in [0.25, 0.3) is 17.7 Å². The van der Waals surface area contributed by atoms with Gasteiger partial charge in [-0.2, -0.15) is 0 Å². The Labute approximate surface area is 451 Å². The number of nitrogens with two attached hydrogens (primary N) is 1. The molecule has 7 N–H and O–H groups in total. The third-order valence-electron chi connectivity index (χ3n) is 17.1. The van der Waals surface area contributed by atoms with Gasteiger partial charge in [0.1, 0.15) is 23.8 Å². The van der Waals surface area contributed by atoms with Crippen molar-refractivity contribution in [3.8, 4) is 11.8 Å². The summed E-state index contributed by atoms with van der Waals surface area (Å²) in [6.45, 7) is 2.03. The number of aromatic amines is 1. The number of aromatic nitrogens is 1. The fourth-order valence-corrected chi connectivity index (χ4v) is 12.7. The van der Waals surface area contributed by atoms with Crippen LogP contribution in [0.15, 0.2) is 42.5 Å². The monoisotopic (exact) mass is 1080 g/mol. The number of H-pyrrole nitrogens is 1. The Balaban J connectivity index is 0.823. The van der Waals surface area contributed by atoms with Gasteiger partial charge in [0.05, 0.1) is 12.1 Å². The van der Waals surface area contributed by atoms with E-state index in [2.05, 4.69) is 32.8 Å². The lowest BCUT2D eigenvalue weighted by atomic mass is 9.76. The zero-order valence-corrected chi connectivity index (χ0v) is 44.1. The Morgan fingerprint density at radius 1 is 0.923 bits per heavy atom. The summed E-state index contributed by atoms with van der Waals surface area (Å²) in [6, 6.07) is 6.08. The van der Waals surface area contributed by atoms with E-state index < -0.39 is 83.5 Å². The molecule has 18 nitrogen and oxygen atoms in total. The number of alkyl halides is 2. The lowest BCUT2D eigenvalue weighted by Gasteiger charge is -2.38. The third kappa shape index (κ3) is 12.6. The fraction of sp³-hybridized carbons (Fsp3) is 0.569. The number of hydrogen-bond donors (Lipinski definition) is 6. The molecule has 1 aliphatic carbocycles. The van der Waals surface area contributed by atoms with Gasteiger partial charge >= 0.3 is 0 Å². The molecule has 8 amide bonds. The van der Waals surface area contributed by atoms with E-state index in [0.29, 0.717) is 48.3 Å². The predicted octanol–water partition coefficient (Wildman–Crippen LogP) is 5.02. The lowest BCUT2D eigenvalue weighted by Crippen LogP contribution is -2.58. The smallest absolute Gasteiger partial charge is 0.270 e. The molecule has 1 unspecified atom stereocenters. The highest BCUT2D eigenvalue weighted by molar-refractivity contribution is 6.06. The maximum absolute atomic E-state index is 14.6. The number of hydrogen-bond acceptors (Lipinski definition) is 10. The van der Waals surface area contributed by atoms with Gasteiger partial charge in [-0.1, -0.05) is 43.2 Å². The van der Waals surface area contributed by atoms with Crippen molar-refractivity contribution in [1.82, 2.24) is 35.6 Å². The van der Waals surface area contributed by atoms with Crippen molar-refractivity contribution in [2.75, 3.05) is 13.1 Å². The molecule has 6 heterocycles. The van der Waals surface area contributed by atoms with Gasteiger partial charge in [0.2, 0.25) is 35.4 Å². The zero-order chi connectivity index (χ0) is 55.4. The Hall–Kier alpha value is -7.01. The van der Waals surface area contributed by atoms with Gasteiger partial charge in [0.15, 0.2) is 5.78 Å². The second kappa shape index (κ2) is 23.9. The number of rotatable bonds is 16. The molecule has 5 aliphatic heterocycles. The second-order valence-corrected chi connectivity index (χ2v) is 22.4. The van der Waals surface area contributed by atoms with Crippen molar-refractivity contribution in [1.29, 1.82) is 0 Å². The summed E-state index contributed by atoms with van der Waals surface area (Å²) in [4.78, 5) is 129. The van der Waals surface area contributed by atoms with E-state index in [-0.39, 0.29) is 99.2 Å². The number of amides is 8. The summed E-state index contributed by atoms with van der Waals surface area (Å²) in [5.74, 6) is -1.11. The summed E-state index contributed by atoms with van der Waals surface area (Å²) in [6.07, 6.45) is 7.39. The Morgan fingerprint density at radius 3 is 2.42 bits per heavy atom. The van der Waals surface area contributed by atoms with Crippen molar-refractivity contribution in [2.45, 2.75) is 178 Å². The first-order valence-corrected chi connectivity index (χ1v) is 27.8. The first kappa shape index (κ1) is 55.7. The SMILES string of the molecule is CC(F)(F)c1ccc2[nH]c(C(=O)N[C@H]3CC[C@H](O)C[C@H]4CC[C@@H](C(=O)N[C@@H](CCC(N)=O)C(=O)C[C@H](C(=O)N5CCC(CCC#Cc6cccc7c6CN(C6CCC(=O)NC6=O)C7=O)CC5)C5CCCCC5)N4C3=O)cc2c1. The average molecular weight is 1080 g/mol. The molecule has 0 radical (unpaired) electrons. The van der Waals surface area contributed by atoms with Crippen LogP contribution in [0.4, 0.5) is 8.78 Å². The van der Waals surface area contributed by atoms with Crippen LogP contribution in [0, 0.1) is 29.6 Å². The largest absolute Gasteiger partial charge is 0.393 e. The lowest BCUT2D eigenvalue weighted by molar-refractivity contribution is -0.145. The van der Waals surface area contributed by atoms with E-state index in [1.165, 1.54) is 34.1 Å². The number of nitrogens with one attached hydrogen (secondary N) is 4. The number of aliphatic hydroxyl groups excluding tert-OH is 1. The number of Topliss-reactive ketones (excluding diaryl/α,β-unsaturated/α-hetero) is 1. The van der Waals surface area contributed by atoms with Crippen LogP contribution in [0.2, 0.25) is 0 Å². The number of imide groups is 1. The number of likely N-dealkylation sites (tertiary alicyclic amines) is 1. The molecule has 5 fully saturated rings. The maximum Gasteiger partial charge on any atom is 0.270 e. The number of piperidine rings is 2. The molecule has 78 heavy (non-hydrogen) atoms. The number of aliphatic hydroxyl groups is 1. The van der Waals surface area contributed by atoms with Crippen LogP contribution < -0.4 is 21.7 Å². The Bertz CT molecular complexity index is 2910. The molecule has 20 heteroatoms. The van der Waals surface area contributed by atoms with Crippen LogP contribution in [-0.2, 0) is 46.0 Å². The van der Waals surface area contributed by atoms with Crippen molar-refractivity contribution >= 4 is 63.9 Å². The molecular weight excluding hydrogens is 1010 g/mol. The molecule has 2 aromatic carbocycles. The van der Waals surface area contributed by atoms with Crippen molar-refractivity contribution in [3.05, 3.63) is 70.4 Å². The van der Waals surface area contributed by atoms with Gasteiger partial charge in [-0.15, -0.1) is 0 Å². The number of primary amides is 1. The van der Waals surface area contributed by atoms with E-state index in [1.54, 1.807) is 12.1 Å². The molecule has 9 rings (SSSR count). The first-order valence-electron chi connectivity index (χ1n) is 27.8. The minimum absolute atomic E-state index is 0.0325. The number of carbonyl (C=O) groups excluding carboxylic acids is 9. The first-order chi connectivity index (χ1) is 37.3. The number of nitrogens with zero attached hydrogens (tertiary/aromatic N) is 3. The van der Waals surface area contributed by atoms with Gasteiger partial charge in [0, 0.05) is 91.8 Å². The number of carbonyl (C=O) groups is 9. The van der Waals surface area contributed by atoms with E-state index in [0.717, 1.165) is 69.4 Å². The zero-order valence-electron chi connectivity index (χ0n) is 44.1. The molecule has 0 bridgehead atoms. The highest BCUT2D eigenvalue weighted by Gasteiger charge is 2.47. The number of fused-ring (bicyclic) bond motifs is 3. The van der Waals surface area contributed by atoms with Crippen molar-refractivity contribution in [3.63, 3.8) is 0 Å². The van der Waals surface area contributed by atoms with Crippen molar-refractivity contribution in [2.24, 2.45) is 23.5 Å². The molecule has 1 saturated carbocycles. The normalized spacial score (nSPS) is 24.1. The summed E-state index contributed by atoms with van der Waals surface area (Å²) >= 11 is 0. The third-order valence-corrected chi connectivity index (χ3v) is 17.1. The minimum Gasteiger partial charge on any atom is -0.393 e. The van der Waals surface area contributed by atoms with Gasteiger partial charge < -0.3 is 41.2 Å². The van der Waals surface area contributed by atoms with E-state index in [1.807, 2.05) is 11.0 Å². The molecule has 0 spiro atoms. The summed E-state index contributed by atoms with van der Waals surface area (Å²) in [7, 11) is 0. The summed E-state index contributed by atoms with van der Waals surface area (Å²) in [5.41, 5.74) is 7.81. The Morgan fingerprint density at radius 2 is 1.69 bits per heavy atom. The van der Waals surface area contributed by atoms with Crippen LogP contribution in [0.3, 0.4) is 0 Å². The molecule has 6 aliphatic rings. The fourth-order valence-electron chi connectivity index (χ4n) is 12.7. The molecule has 7 atom stereocenters. The van der Waals surface area contributed by atoms with Crippen LogP contribution in [0.5, 0.6) is 0 Å². The summed E-state index contributed by atoms with van der Waals surface area (Å²) in [5, 5.41) is 19.3. The topological polar surface area (TPSA) is 261 Å². The standard InChI is InChI=1S/C58H70F2N8O10/c1-58(59,60)37-14-17-43-36(28-37)29-46(62-43)52(73)64-45-18-16-39(69)30-38-15-20-48(68(38)57(45)78)54(75)63-44(19-22-50(61)71)49(70)31-41(34-9-3-2-4-10-34)55(76)66-26-24-33(25-27-66)8-5-6-11-35-12-7-13-40-42(35)32-67(56(40)77)47-21-23-51(72)65-53(47)74/h7,12-14,17,28-29,33-34,38-39,41,44-45,47-48,62,69H,2-5,8-10,15-16,18-27,30-32H2,1H3,(H2,61,71)(H,63,75)(H,64,73)(H,65,72,74)/t38-,39+,41+,44+,45+,47?,48+/m1/s1. The maximum atomic E-state index is 14.6. The average Bonchev–Trinajstić information content (AvgIpc) is 4.21. The molecule has 3 aromatic rings. The minimum atomic E-state index is -3.10. The van der Waals surface area contributed by atoms with E-state index in [4.69, 9.17) is 5.73 Å². The Kier molecular flexibility index (Phi) is 17.1. The highest BCUT2D eigenvalue weighted by Crippen LogP contribution is 2.37. The molecule has 1 aromatic heterocycles. The van der Waals surface area contributed by atoms with Crippen molar-refractivity contribution < 1.29 is 57.0 Å². The number of halogens is 2. The summed E-state index contributed by atoms with van der Waals surface area (Å²) < 4.78 is 28.2. The highest BCUT2D eigenvalue weighted by atomic mass is 19.3. The van der Waals surface area contributed by atoms with Crippen LogP contribution >= 0.6 is 0 Å². The molecule has 416 valence electrons. The van der Waals surface area contributed by atoms with E-state index in [9.17, 15) is 57.0 Å². The van der Waals surface area contributed by atoms with Gasteiger partial charge in [-0.25, -0.2) is 8.78 Å². The van der Waals surface area contributed by atoms with Crippen LogP contribution in [-0.4, -0.2) is 127 Å².